The Balaban J connectivity index is 1.53. The predicted molar refractivity (Wildman–Crippen MR) is 112 cm³/mol. The van der Waals surface area contributed by atoms with Crippen LogP contribution < -0.4 is 9.47 Å². The van der Waals surface area contributed by atoms with Gasteiger partial charge in [0.1, 0.15) is 0 Å². The van der Waals surface area contributed by atoms with Gasteiger partial charge in [0.15, 0.2) is 11.5 Å². The van der Waals surface area contributed by atoms with Gasteiger partial charge in [0, 0.05) is 18.5 Å². The summed E-state index contributed by atoms with van der Waals surface area (Å²) in [5, 5.41) is 4.14. The zero-order valence-corrected chi connectivity index (χ0v) is 17.6. The summed E-state index contributed by atoms with van der Waals surface area (Å²) < 4.78 is 16.2. The lowest BCUT2D eigenvalue weighted by Gasteiger charge is -2.25. The molecule has 1 aliphatic rings. The highest BCUT2D eigenvalue weighted by Crippen LogP contribution is 2.37. The van der Waals surface area contributed by atoms with Crippen molar-refractivity contribution in [2.75, 3.05) is 20.8 Å². The van der Waals surface area contributed by atoms with Gasteiger partial charge in [-0.3, -0.25) is 4.79 Å². The van der Waals surface area contributed by atoms with Crippen molar-refractivity contribution in [3.05, 3.63) is 59.5 Å². The highest BCUT2D eigenvalue weighted by atomic mass is 16.5. The van der Waals surface area contributed by atoms with E-state index in [1.807, 2.05) is 61.2 Å². The van der Waals surface area contributed by atoms with Crippen LogP contribution in [0.2, 0.25) is 0 Å². The van der Waals surface area contributed by atoms with Crippen molar-refractivity contribution in [1.82, 2.24) is 15.0 Å². The standard InChI is InChI=1S/C23H25N3O4/c1-14-7-5-6-8-18(14)22-24-23(30-25-22)17-12-21(27)26(13-17)15(2)16-9-10-19(28-3)20(11-16)29-4/h5-11,15,17H,12-13H2,1-4H3. The number of rotatable bonds is 6. The van der Waals surface area contributed by atoms with Gasteiger partial charge in [-0.2, -0.15) is 4.98 Å². The molecule has 2 unspecified atom stereocenters. The molecule has 2 atom stereocenters. The SMILES string of the molecule is COc1ccc(C(C)N2CC(c3nc(-c4ccccc4C)no3)CC2=O)cc1OC. The number of carbonyl (C=O) groups excluding carboxylic acids is 1. The molecule has 30 heavy (non-hydrogen) atoms. The summed E-state index contributed by atoms with van der Waals surface area (Å²) >= 11 is 0. The Morgan fingerprint density at radius 3 is 2.63 bits per heavy atom. The van der Waals surface area contributed by atoms with E-state index >= 15 is 0 Å². The van der Waals surface area contributed by atoms with Crippen LogP contribution in [0.15, 0.2) is 47.0 Å². The molecular weight excluding hydrogens is 382 g/mol. The lowest BCUT2D eigenvalue weighted by molar-refractivity contribution is -0.129. The van der Waals surface area contributed by atoms with Crippen LogP contribution in [0.5, 0.6) is 11.5 Å². The van der Waals surface area contributed by atoms with E-state index in [0.29, 0.717) is 36.2 Å². The molecule has 0 aliphatic carbocycles. The summed E-state index contributed by atoms with van der Waals surface area (Å²) in [7, 11) is 3.20. The number of ether oxygens (including phenoxy) is 2. The maximum absolute atomic E-state index is 12.8. The van der Waals surface area contributed by atoms with Gasteiger partial charge in [-0.05, 0) is 37.1 Å². The average molecular weight is 407 g/mol. The van der Waals surface area contributed by atoms with Crippen molar-refractivity contribution < 1.29 is 18.8 Å². The molecule has 0 spiro atoms. The summed E-state index contributed by atoms with van der Waals surface area (Å²) in [5.41, 5.74) is 3.00. The van der Waals surface area contributed by atoms with Gasteiger partial charge >= 0.3 is 0 Å². The van der Waals surface area contributed by atoms with Gasteiger partial charge in [0.2, 0.25) is 17.6 Å². The zero-order chi connectivity index (χ0) is 21.3. The van der Waals surface area contributed by atoms with Gasteiger partial charge in [0.25, 0.3) is 0 Å². The van der Waals surface area contributed by atoms with Crippen molar-refractivity contribution in [3.63, 3.8) is 0 Å². The molecule has 4 rings (SSSR count). The molecule has 2 heterocycles. The van der Waals surface area contributed by atoms with Gasteiger partial charge < -0.3 is 18.9 Å². The Bertz CT molecular complexity index is 1060. The number of hydrogen-bond acceptors (Lipinski definition) is 6. The fraction of sp³-hybridized carbons (Fsp3) is 0.348. The van der Waals surface area contributed by atoms with Crippen LogP contribution >= 0.6 is 0 Å². The Morgan fingerprint density at radius 1 is 1.13 bits per heavy atom. The molecule has 1 fully saturated rings. The minimum Gasteiger partial charge on any atom is -0.493 e. The van der Waals surface area contributed by atoms with E-state index in [9.17, 15) is 4.79 Å². The van der Waals surface area contributed by atoms with Gasteiger partial charge in [-0.15, -0.1) is 0 Å². The maximum Gasteiger partial charge on any atom is 0.232 e. The number of aromatic nitrogens is 2. The van der Waals surface area contributed by atoms with E-state index in [2.05, 4.69) is 10.1 Å². The molecule has 1 aliphatic heterocycles. The molecule has 1 aromatic heterocycles. The maximum atomic E-state index is 12.8. The number of nitrogens with zero attached hydrogens (tertiary/aromatic N) is 3. The van der Waals surface area contributed by atoms with Crippen LogP contribution in [0.3, 0.4) is 0 Å². The molecule has 1 amide bonds. The number of methoxy groups -OCH3 is 2. The van der Waals surface area contributed by atoms with Crippen molar-refractivity contribution in [1.29, 1.82) is 0 Å². The molecule has 1 saturated heterocycles. The first-order chi connectivity index (χ1) is 14.5. The lowest BCUT2D eigenvalue weighted by atomic mass is 10.1. The molecule has 0 N–H and O–H groups in total. The second kappa shape index (κ2) is 8.18. The van der Waals surface area contributed by atoms with Gasteiger partial charge in [0.05, 0.1) is 26.2 Å². The third-order valence-corrected chi connectivity index (χ3v) is 5.69. The van der Waals surface area contributed by atoms with E-state index in [4.69, 9.17) is 14.0 Å². The van der Waals surface area contributed by atoms with E-state index in [0.717, 1.165) is 16.7 Å². The zero-order valence-electron chi connectivity index (χ0n) is 17.6. The van der Waals surface area contributed by atoms with Crippen molar-refractivity contribution in [3.8, 4) is 22.9 Å². The van der Waals surface area contributed by atoms with Crippen LogP contribution in [0.1, 0.15) is 42.3 Å². The summed E-state index contributed by atoms with van der Waals surface area (Å²) in [6, 6.07) is 13.5. The second-order valence-electron chi connectivity index (χ2n) is 7.51. The Labute approximate surface area is 175 Å². The lowest BCUT2D eigenvalue weighted by Crippen LogP contribution is -2.28. The van der Waals surface area contributed by atoms with Crippen LogP contribution in [-0.2, 0) is 4.79 Å². The second-order valence-corrected chi connectivity index (χ2v) is 7.51. The number of amides is 1. The van der Waals surface area contributed by atoms with Crippen molar-refractivity contribution in [2.45, 2.75) is 32.2 Å². The van der Waals surface area contributed by atoms with Gasteiger partial charge in [-0.1, -0.05) is 35.5 Å². The van der Waals surface area contributed by atoms with Crippen LogP contribution in [0, 0.1) is 6.92 Å². The van der Waals surface area contributed by atoms with E-state index in [1.54, 1.807) is 14.2 Å². The monoisotopic (exact) mass is 407 g/mol. The summed E-state index contributed by atoms with van der Waals surface area (Å²) in [4.78, 5) is 19.2. The van der Waals surface area contributed by atoms with E-state index in [-0.39, 0.29) is 17.9 Å². The quantitative estimate of drug-likeness (QED) is 0.611. The molecule has 0 bridgehead atoms. The Morgan fingerprint density at radius 2 is 1.90 bits per heavy atom. The number of benzene rings is 2. The number of aryl methyl sites for hydroxylation is 1. The molecule has 156 valence electrons. The van der Waals surface area contributed by atoms with Crippen LogP contribution in [0.25, 0.3) is 11.4 Å². The first kappa shape index (κ1) is 19.9. The number of hydrogen-bond donors (Lipinski definition) is 0. The minimum atomic E-state index is -0.120. The summed E-state index contributed by atoms with van der Waals surface area (Å²) in [5.74, 6) is 2.31. The fourth-order valence-electron chi connectivity index (χ4n) is 3.90. The van der Waals surface area contributed by atoms with E-state index < -0.39 is 0 Å². The average Bonchev–Trinajstić information content (AvgIpc) is 3.40. The normalized spacial score (nSPS) is 17.3. The number of carbonyl (C=O) groups is 1. The molecular formula is C23H25N3O4. The highest BCUT2D eigenvalue weighted by Gasteiger charge is 2.37. The van der Waals surface area contributed by atoms with Gasteiger partial charge in [-0.25, -0.2) is 0 Å². The van der Waals surface area contributed by atoms with E-state index in [1.165, 1.54) is 0 Å². The summed E-state index contributed by atoms with van der Waals surface area (Å²) in [6.45, 7) is 4.55. The highest BCUT2D eigenvalue weighted by molar-refractivity contribution is 5.80. The first-order valence-corrected chi connectivity index (χ1v) is 9.92. The number of likely N-dealkylation sites (tertiary alicyclic amines) is 1. The molecule has 3 aromatic rings. The van der Waals surface area contributed by atoms with Crippen molar-refractivity contribution >= 4 is 5.91 Å². The molecule has 7 nitrogen and oxygen atoms in total. The molecule has 0 radical (unpaired) electrons. The van der Waals surface area contributed by atoms with Crippen LogP contribution in [0.4, 0.5) is 0 Å². The van der Waals surface area contributed by atoms with Crippen LogP contribution in [-0.4, -0.2) is 41.7 Å². The Kier molecular flexibility index (Phi) is 5.44. The smallest absolute Gasteiger partial charge is 0.232 e. The predicted octanol–water partition coefficient (Wildman–Crippen LogP) is 4.14. The van der Waals surface area contributed by atoms with Crippen molar-refractivity contribution in [2.24, 2.45) is 0 Å². The first-order valence-electron chi connectivity index (χ1n) is 9.92. The molecule has 2 aromatic carbocycles. The Hall–Kier alpha value is -3.35. The summed E-state index contributed by atoms with van der Waals surface area (Å²) in [6.07, 6.45) is 0.354. The molecule has 0 saturated carbocycles. The minimum absolute atomic E-state index is 0.0675. The largest absolute Gasteiger partial charge is 0.493 e. The fourth-order valence-corrected chi connectivity index (χ4v) is 3.90. The third-order valence-electron chi connectivity index (χ3n) is 5.69. The third kappa shape index (κ3) is 3.63. The topological polar surface area (TPSA) is 77.7 Å². The molecule has 7 heteroatoms.